The summed E-state index contributed by atoms with van der Waals surface area (Å²) in [6, 6.07) is 14.7. The summed E-state index contributed by atoms with van der Waals surface area (Å²) in [4.78, 5) is 25.8. The molecule has 5 rings (SSSR count). The quantitative estimate of drug-likeness (QED) is 0.616. The van der Waals surface area contributed by atoms with Gasteiger partial charge in [0.05, 0.1) is 12.7 Å². The third-order valence-corrected chi connectivity index (χ3v) is 6.63. The van der Waals surface area contributed by atoms with Crippen LogP contribution in [0.15, 0.2) is 65.0 Å². The molecule has 158 valence electrons. The van der Waals surface area contributed by atoms with E-state index in [9.17, 15) is 9.59 Å². The molecule has 0 radical (unpaired) electrons. The van der Waals surface area contributed by atoms with Gasteiger partial charge in [0.2, 0.25) is 0 Å². The first-order valence-corrected chi connectivity index (χ1v) is 10.9. The molecule has 1 atom stereocenters. The molecule has 2 aromatic carbocycles. The van der Waals surface area contributed by atoms with E-state index in [4.69, 9.17) is 4.74 Å². The van der Waals surface area contributed by atoms with Gasteiger partial charge in [0.1, 0.15) is 0 Å². The van der Waals surface area contributed by atoms with Gasteiger partial charge in [-0.15, -0.1) is 0 Å². The highest BCUT2D eigenvalue weighted by Gasteiger charge is 2.39. The van der Waals surface area contributed by atoms with Gasteiger partial charge in [-0.25, -0.2) is 4.79 Å². The van der Waals surface area contributed by atoms with Gasteiger partial charge >= 0.3 is 5.97 Å². The highest BCUT2D eigenvalue weighted by molar-refractivity contribution is 6.09. The Bertz CT molecular complexity index is 1310. The Morgan fingerprint density at radius 1 is 1.13 bits per heavy atom. The van der Waals surface area contributed by atoms with Crippen molar-refractivity contribution >= 4 is 33.6 Å². The Hall–Kier alpha value is -3.34. The topological polar surface area (TPSA) is 60.3 Å². The van der Waals surface area contributed by atoms with Crippen molar-refractivity contribution < 1.29 is 14.3 Å². The van der Waals surface area contributed by atoms with Crippen molar-refractivity contribution in [2.45, 2.75) is 45.6 Å². The van der Waals surface area contributed by atoms with Crippen molar-refractivity contribution in [1.82, 2.24) is 9.88 Å². The molecule has 1 aliphatic carbocycles. The lowest BCUT2D eigenvalue weighted by molar-refractivity contribution is -0.136. The average molecular weight is 415 g/mol. The van der Waals surface area contributed by atoms with E-state index in [-0.39, 0.29) is 5.78 Å². The molecule has 0 bridgehead atoms. The van der Waals surface area contributed by atoms with Crippen LogP contribution in [0.4, 0.5) is 0 Å². The number of dihydropyridines is 1. The number of ether oxygens (including phenoxy) is 1. The number of esters is 1. The van der Waals surface area contributed by atoms with E-state index >= 15 is 0 Å². The predicted octanol–water partition coefficient (Wildman–Crippen LogP) is 4.96. The van der Waals surface area contributed by atoms with Gasteiger partial charge in [-0.05, 0) is 50.5 Å². The maximum absolute atomic E-state index is 13.0. The average Bonchev–Trinajstić information content (AvgIpc) is 3.10. The zero-order valence-electron chi connectivity index (χ0n) is 18.1. The van der Waals surface area contributed by atoms with Crippen molar-refractivity contribution in [2.24, 2.45) is 0 Å². The van der Waals surface area contributed by atoms with Crippen LogP contribution < -0.4 is 5.32 Å². The maximum Gasteiger partial charge on any atom is 0.336 e. The molecular formula is C26H26N2O3. The minimum atomic E-state index is -0.412. The van der Waals surface area contributed by atoms with Crippen LogP contribution in [0.5, 0.6) is 0 Å². The van der Waals surface area contributed by atoms with Gasteiger partial charge < -0.3 is 14.6 Å². The number of hydrogen-bond donors (Lipinski definition) is 1. The number of aryl methyl sites for hydroxylation is 1. The van der Waals surface area contributed by atoms with E-state index in [0.717, 1.165) is 52.8 Å². The number of rotatable bonds is 3. The van der Waals surface area contributed by atoms with Gasteiger partial charge in [0.15, 0.2) is 5.78 Å². The first kappa shape index (κ1) is 19.6. The summed E-state index contributed by atoms with van der Waals surface area (Å²) in [7, 11) is 1.39. The van der Waals surface area contributed by atoms with E-state index in [1.54, 1.807) is 0 Å². The van der Waals surface area contributed by atoms with Crippen LogP contribution in [0.2, 0.25) is 0 Å². The third-order valence-electron chi connectivity index (χ3n) is 6.63. The summed E-state index contributed by atoms with van der Waals surface area (Å²) >= 11 is 0. The number of para-hydroxylation sites is 1. The smallest absolute Gasteiger partial charge is 0.336 e. The molecule has 1 unspecified atom stereocenters. The molecule has 2 aliphatic rings. The highest BCUT2D eigenvalue weighted by Crippen LogP contribution is 2.43. The number of fused-ring (bicyclic) bond motifs is 3. The molecule has 0 saturated heterocycles. The minimum Gasteiger partial charge on any atom is -0.466 e. The fourth-order valence-corrected chi connectivity index (χ4v) is 5.29. The molecule has 1 aliphatic heterocycles. The molecule has 0 saturated carbocycles. The molecule has 0 spiro atoms. The SMILES string of the molecule is CCn1c2ccccc2c2cc(C3C(C(=O)OC)=C(C)NC4=C3C(=O)CCC4)ccc21. The van der Waals surface area contributed by atoms with Crippen LogP contribution in [-0.4, -0.2) is 23.4 Å². The van der Waals surface area contributed by atoms with Gasteiger partial charge in [0.25, 0.3) is 0 Å². The molecule has 3 aromatic rings. The van der Waals surface area contributed by atoms with Crippen LogP contribution in [0.1, 0.15) is 44.6 Å². The first-order chi connectivity index (χ1) is 15.0. The van der Waals surface area contributed by atoms with E-state index in [1.807, 2.05) is 13.0 Å². The van der Waals surface area contributed by atoms with Crippen LogP contribution in [0.25, 0.3) is 21.8 Å². The summed E-state index contributed by atoms with van der Waals surface area (Å²) < 4.78 is 7.43. The number of carbonyl (C=O) groups is 2. The van der Waals surface area contributed by atoms with Crippen molar-refractivity contribution in [3.8, 4) is 0 Å². The number of nitrogens with zero attached hydrogens (tertiary/aromatic N) is 1. The highest BCUT2D eigenvalue weighted by atomic mass is 16.5. The zero-order chi connectivity index (χ0) is 21.7. The Kier molecular flexibility index (Phi) is 4.69. The summed E-state index contributed by atoms with van der Waals surface area (Å²) in [5, 5.41) is 5.65. The first-order valence-electron chi connectivity index (χ1n) is 10.9. The van der Waals surface area contributed by atoms with Crippen LogP contribution in [-0.2, 0) is 20.9 Å². The van der Waals surface area contributed by atoms with E-state index in [2.05, 4.69) is 53.2 Å². The van der Waals surface area contributed by atoms with E-state index in [1.165, 1.54) is 18.0 Å². The summed E-state index contributed by atoms with van der Waals surface area (Å²) in [5.41, 5.74) is 6.26. The minimum absolute atomic E-state index is 0.115. The number of methoxy groups -OCH3 is 1. The predicted molar refractivity (Wildman–Crippen MR) is 122 cm³/mol. The Balaban J connectivity index is 1.78. The summed E-state index contributed by atoms with van der Waals surface area (Å²) in [6.07, 6.45) is 2.17. The molecular weight excluding hydrogens is 388 g/mol. The Morgan fingerprint density at radius 2 is 1.90 bits per heavy atom. The van der Waals surface area contributed by atoms with Crippen molar-refractivity contribution in [1.29, 1.82) is 0 Å². The monoisotopic (exact) mass is 414 g/mol. The van der Waals surface area contributed by atoms with Gasteiger partial charge in [-0.3, -0.25) is 4.79 Å². The number of hydrogen-bond acceptors (Lipinski definition) is 4. The zero-order valence-corrected chi connectivity index (χ0v) is 18.1. The molecule has 0 amide bonds. The molecule has 5 nitrogen and oxygen atoms in total. The number of benzene rings is 2. The number of aromatic nitrogens is 1. The van der Waals surface area contributed by atoms with Crippen molar-refractivity contribution in [3.05, 3.63) is 70.6 Å². The largest absolute Gasteiger partial charge is 0.466 e. The van der Waals surface area contributed by atoms with Gasteiger partial charge in [-0.2, -0.15) is 0 Å². The van der Waals surface area contributed by atoms with Crippen LogP contribution >= 0.6 is 0 Å². The van der Waals surface area contributed by atoms with Gasteiger partial charge in [0, 0.05) is 57.7 Å². The Morgan fingerprint density at radius 3 is 2.68 bits per heavy atom. The molecule has 31 heavy (non-hydrogen) atoms. The maximum atomic E-state index is 13.0. The number of carbonyl (C=O) groups excluding carboxylic acids is 2. The van der Waals surface area contributed by atoms with Crippen LogP contribution in [0.3, 0.4) is 0 Å². The number of ketones is 1. The molecule has 0 fully saturated rings. The van der Waals surface area contributed by atoms with Crippen molar-refractivity contribution in [2.75, 3.05) is 7.11 Å². The lowest BCUT2D eigenvalue weighted by Crippen LogP contribution is -2.34. The molecule has 2 heterocycles. The number of Topliss-reactive ketones (excluding diaryl/α,β-unsaturated/α-hetero) is 1. The Labute approximate surface area is 181 Å². The lowest BCUT2D eigenvalue weighted by Gasteiger charge is -2.34. The molecule has 1 N–H and O–H groups in total. The van der Waals surface area contributed by atoms with Crippen LogP contribution in [0, 0.1) is 0 Å². The number of allylic oxidation sites excluding steroid dienone is 3. The summed E-state index contributed by atoms with van der Waals surface area (Å²) in [5.74, 6) is -0.690. The van der Waals surface area contributed by atoms with E-state index in [0.29, 0.717) is 12.0 Å². The normalized spacial score (nSPS) is 19.1. The fraction of sp³-hybridized carbons (Fsp3) is 0.308. The second-order valence-corrected chi connectivity index (χ2v) is 8.30. The summed E-state index contributed by atoms with van der Waals surface area (Å²) in [6.45, 7) is 4.91. The van der Waals surface area contributed by atoms with E-state index < -0.39 is 11.9 Å². The standard InChI is InChI=1S/C26H26N2O3/c1-4-28-20-10-6-5-8-17(20)18-14-16(12-13-21(18)28)24-23(26(30)31-3)15(2)27-19-9-7-11-22(29)25(19)24/h5-6,8,10,12-14,24,27H,4,7,9,11H2,1-3H3. The number of nitrogens with one attached hydrogen (secondary N) is 1. The third kappa shape index (κ3) is 2.91. The second-order valence-electron chi connectivity index (χ2n) is 8.30. The van der Waals surface area contributed by atoms with Crippen molar-refractivity contribution in [3.63, 3.8) is 0 Å². The lowest BCUT2D eigenvalue weighted by atomic mass is 9.75. The molecule has 1 aromatic heterocycles. The molecule has 5 heteroatoms. The fourth-order valence-electron chi connectivity index (χ4n) is 5.29. The second kappa shape index (κ2) is 7.41. The van der Waals surface area contributed by atoms with Gasteiger partial charge in [-0.1, -0.05) is 24.3 Å².